The highest BCUT2D eigenvalue weighted by atomic mass is 19.4. The molecule has 2 aromatic heterocycles. The standard InChI is InChI=1S/C30H25F3N6O2/c1-17-6-8-22(36-26(40)19-4-3-5-21(12-19)30(31,32)33)13-24(17)39-16-20-14-35-28(37-23-9-7-18(2)34-15-23)38-25(20)29(10-11-29)27(39)41/h3-9,12-15H,10-11,16H2,1-2H3,(H,36,40)(H,35,37,38). The van der Waals surface area contributed by atoms with Gasteiger partial charge in [0, 0.05) is 34.4 Å². The molecule has 0 bridgehead atoms. The first-order valence-electron chi connectivity index (χ1n) is 13.0. The fourth-order valence-electron chi connectivity index (χ4n) is 5.06. The van der Waals surface area contributed by atoms with Crippen molar-refractivity contribution < 1.29 is 22.8 Å². The van der Waals surface area contributed by atoms with Crippen molar-refractivity contribution in [1.82, 2.24) is 15.0 Å². The van der Waals surface area contributed by atoms with Crippen LogP contribution >= 0.6 is 0 Å². The largest absolute Gasteiger partial charge is 0.416 e. The van der Waals surface area contributed by atoms with E-state index >= 15 is 0 Å². The lowest BCUT2D eigenvalue weighted by molar-refractivity contribution is -0.137. The van der Waals surface area contributed by atoms with E-state index in [1.165, 1.54) is 12.1 Å². The molecule has 2 amide bonds. The maximum atomic E-state index is 13.9. The number of anilines is 4. The summed E-state index contributed by atoms with van der Waals surface area (Å²) in [5.41, 5.74) is 3.16. The molecule has 0 saturated heterocycles. The van der Waals surface area contributed by atoms with Crippen LogP contribution in [-0.4, -0.2) is 26.8 Å². The minimum absolute atomic E-state index is 0.0869. The van der Waals surface area contributed by atoms with Crippen molar-refractivity contribution >= 4 is 34.8 Å². The third-order valence-electron chi connectivity index (χ3n) is 7.43. The van der Waals surface area contributed by atoms with Gasteiger partial charge < -0.3 is 15.5 Å². The van der Waals surface area contributed by atoms with Gasteiger partial charge in [0.25, 0.3) is 5.91 Å². The highest BCUT2D eigenvalue weighted by molar-refractivity contribution is 6.07. The number of rotatable bonds is 5. The number of aryl methyl sites for hydroxylation is 2. The molecule has 41 heavy (non-hydrogen) atoms. The minimum atomic E-state index is -4.56. The fourth-order valence-corrected chi connectivity index (χ4v) is 5.06. The summed E-state index contributed by atoms with van der Waals surface area (Å²) < 4.78 is 39.4. The van der Waals surface area contributed by atoms with Crippen LogP contribution in [0.5, 0.6) is 0 Å². The van der Waals surface area contributed by atoms with Crippen LogP contribution < -0.4 is 15.5 Å². The quantitative estimate of drug-likeness (QED) is 0.308. The van der Waals surface area contributed by atoms with Crippen LogP contribution in [0.1, 0.15) is 51.3 Å². The van der Waals surface area contributed by atoms with Crippen molar-refractivity contribution in [3.05, 3.63) is 101 Å². The van der Waals surface area contributed by atoms with E-state index in [1.807, 2.05) is 26.0 Å². The maximum absolute atomic E-state index is 13.9. The average molecular weight is 559 g/mol. The Morgan fingerprint density at radius 3 is 2.46 bits per heavy atom. The molecular formula is C30H25F3N6O2. The van der Waals surface area contributed by atoms with Crippen LogP contribution in [0, 0.1) is 13.8 Å². The number of halogens is 3. The molecule has 1 spiro atoms. The van der Waals surface area contributed by atoms with Gasteiger partial charge in [0.1, 0.15) is 0 Å². The van der Waals surface area contributed by atoms with Crippen LogP contribution in [0.2, 0.25) is 0 Å². The van der Waals surface area contributed by atoms with E-state index in [0.29, 0.717) is 35.9 Å². The number of nitrogens with zero attached hydrogens (tertiary/aromatic N) is 4. The number of aromatic nitrogens is 3. The van der Waals surface area contributed by atoms with E-state index in [-0.39, 0.29) is 18.0 Å². The van der Waals surface area contributed by atoms with E-state index < -0.39 is 23.1 Å². The number of fused-ring (bicyclic) bond motifs is 2. The summed E-state index contributed by atoms with van der Waals surface area (Å²) in [4.78, 5) is 41.8. The average Bonchev–Trinajstić information content (AvgIpc) is 3.75. The Morgan fingerprint density at radius 1 is 0.976 bits per heavy atom. The van der Waals surface area contributed by atoms with Gasteiger partial charge in [-0.1, -0.05) is 12.1 Å². The Bertz CT molecular complexity index is 1680. The van der Waals surface area contributed by atoms with E-state index in [0.717, 1.165) is 34.6 Å². The van der Waals surface area contributed by atoms with E-state index in [9.17, 15) is 22.8 Å². The number of hydrogen-bond donors (Lipinski definition) is 2. The lowest BCUT2D eigenvalue weighted by Gasteiger charge is -2.34. The maximum Gasteiger partial charge on any atom is 0.416 e. The topological polar surface area (TPSA) is 100 Å². The van der Waals surface area contributed by atoms with Gasteiger partial charge in [-0.2, -0.15) is 13.2 Å². The van der Waals surface area contributed by atoms with Gasteiger partial charge in [-0.15, -0.1) is 0 Å². The molecule has 0 radical (unpaired) electrons. The molecule has 0 atom stereocenters. The van der Waals surface area contributed by atoms with E-state index in [2.05, 4.69) is 20.6 Å². The summed E-state index contributed by atoms with van der Waals surface area (Å²) in [5.74, 6) is -0.384. The molecule has 3 heterocycles. The first-order valence-corrected chi connectivity index (χ1v) is 13.0. The molecule has 2 aliphatic rings. The second kappa shape index (κ2) is 9.69. The molecule has 4 aromatic rings. The van der Waals surface area contributed by atoms with Gasteiger partial charge in [0.15, 0.2) is 0 Å². The van der Waals surface area contributed by atoms with E-state index in [1.54, 1.807) is 35.5 Å². The Morgan fingerprint density at radius 2 is 1.76 bits per heavy atom. The molecule has 1 fully saturated rings. The zero-order valence-corrected chi connectivity index (χ0v) is 22.2. The molecule has 1 saturated carbocycles. The number of nitrogens with one attached hydrogen (secondary N) is 2. The summed E-state index contributed by atoms with van der Waals surface area (Å²) >= 11 is 0. The number of amides is 2. The zero-order chi connectivity index (χ0) is 28.9. The van der Waals surface area contributed by atoms with Gasteiger partial charge >= 0.3 is 6.18 Å². The minimum Gasteiger partial charge on any atom is -0.323 e. The van der Waals surface area contributed by atoms with Gasteiger partial charge in [-0.05, 0) is 74.7 Å². The third kappa shape index (κ3) is 4.99. The Labute approximate surface area is 233 Å². The van der Waals surface area contributed by atoms with Crippen molar-refractivity contribution in [3.63, 3.8) is 0 Å². The Kier molecular flexibility index (Phi) is 6.24. The number of carbonyl (C=O) groups is 2. The second-order valence-corrected chi connectivity index (χ2v) is 10.4. The van der Waals surface area contributed by atoms with Gasteiger partial charge in [-0.25, -0.2) is 9.97 Å². The summed E-state index contributed by atoms with van der Waals surface area (Å²) in [5, 5.41) is 5.82. The first kappa shape index (κ1) is 26.4. The molecular weight excluding hydrogens is 533 g/mol. The number of benzene rings is 2. The number of hydrogen-bond acceptors (Lipinski definition) is 6. The molecule has 11 heteroatoms. The van der Waals surface area contributed by atoms with Crippen molar-refractivity contribution in [3.8, 4) is 0 Å². The lowest BCUT2D eigenvalue weighted by Crippen LogP contribution is -2.45. The predicted molar refractivity (Wildman–Crippen MR) is 147 cm³/mol. The molecule has 6 rings (SSSR count). The Hall–Kier alpha value is -4.80. The monoisotopic (exact) mass is 558 g/mol. The molecule has 2 N–H and O–H groups in total. The summed E-state index contributed by atoms with van der Waals surface area (Å²) in [6.07, 6.45) is 0.168. The van der Waals surface area contributed by atoms with Crippen LogP contribution in [-0.2, 0) is 22.9 Å². The summed E-state index contributed by atoms with van der Waals surface area (Å²) in [7, 11) is 0. The van der Waals surface area contributed by atoms with Gasteiger partial charge in [0.05, 0.1) is 35.1 Å². The van der Waals surface area contributed by atoms with Crippen molar-refractivity contribution in [2.75, 3.05) is 15.5 Å². The Balaban J connectivity index is 1.26. The smallest absolute Gasteiger partial charge is 0.323 e. The van der Waals surface area contributed by atoms with Crippen molar-refractivity contribution in [2.24, 2.45) is 0 Å². The van der Waals surface area contributed by atoms with E-state index in [4.69, 9.17) is 4.98 Å². The normalized spacial score (nSPS) is 15.4. The number of carbonyl (C=O) groups excluding carboxylic acids is 2. The molecule has 0 unspecified atom stereocenters. The molecule has 1 aliphatic carbocycles. The van der Waals surface area contributed by atoms with Gasteiger partial charge in [-0.3, -0.25) is 14.6 Å². The number of alkyl halides is 3. The summed E-state index contributed by atoms with van der Waals surface area (Å²) in [6.45, 7) is 4.00. The SMILES string of the molecule is Cc1ccc(Nc2ncc3c(n2)C2(CC2)C(=O)N(c2cc(NC(=O)c4cccc(C(F)(F)F)c4)ccc2C)C3)cn1. The van der Waals surface area contributed by atoms with Crippen molar-refractivity contribution in [2.45, 2.75) is 44.8 Å². The second-order valence-electron chi connectivity index (χ2n) is 10.4. The highest BCUT2D eigenvalue weighted by Crippen LogP contribution is 2.53. The van der Waals surface area contributed by atoms with Crippen LogP contribution in [0.4, 0.5) is 36.2 Å². The molecule has 1 aliphatic heterocycles. The summed E-state index contributed by atoms with van der Waals surface area (Å²) in [6, 6.07) is 13.1. The fraction of sp³-hybridized carbons (Fsp3) is 0.233. The zero-order valence-electron chi connectivity index (χ0n) is 22.2. The van der Waals surface area contributed by atoms with Gasteiger partial charge in [0.2, 0.25) is 11.9 Å². The number of pyridine rings is 1. The van der Waals surface area contributed by atoms with Crippen LogP contribution in [0.25, 0.3) is 0 Å². The third-order valence-corrected chi connectivity index (χ3v) is 7.43. The van der Waals surface area contributed by atoms with Crippen molar-refractivity contribution in [1.29, 1.82) is 0 Å². The molecule has 208 valence electrons. The molecule has 2 aromatic carbocycles. The predicted octanol–water partition coefficient (Wildman–Crippen LogP) is 6.08. The highest BCUT2D eigenvalue weighted by Gasteiger charge is 2.58. The van der Waals surface area contributed by atoms with Crippen LogP contribution in [0.3, 0.4) is 0 Å². The first-order chi connectivity index (χ1) is 19.5. The lowest BCUT2D eigenvalue weighted by atomic mass is 9.91. The molecule has 8 nitrogen and oxygen atoms in total. The van der Waals surface area contributed by atoms with Crippen LogP contribution in [0.15, 0.2) is 67.0 Å².